The molecule has 2 heterocycles. The van der Waals surface area contributed by atoms with Crippen LogP contribution in [0, 0.1) is 35.5 Å². The fourth-order valence-electron chi connectivity index (χ4n) is 12.5. The van der Waals surface area contributed by atoms with Crippen molar-refractivity contribution in [3.63, 3.8) is 0 Å². The molecule has 4 fully saturated rings. The van der Waals surface area contributed by atoms with Crippen LogP contribution in [-0.4, -0.2) is 134 Å². The third-order valence-electron chi connectivity index (χ3n) is 17.0. The van der Waals surface area contributed by atoms with Crippen LogP contribution in [0.5, 0.6) is 0 Å². The van der Waals surface area contributed by atoms with Gasteiger partial charge in [-0.15, -0.1) is 0 Å². The summed E-state index contributed by atoms with van der Waals surface area (Å²) in [4.78, 5) is 86.9. The van der Waals surface area contributed by atoms with Gasteiger partial charge in [0.15, 0.2) is 5.78 Å². The largest absolute Gasteiger partial charge is 0.365 e. The molecule has 0 aromatic heterocycles. The molecule has 6 aliphatic rings. The molecule has 2 aliphatic heterocycles. The minimum atomic E-state index is -0.677. The summed E-state index contributed by atoms with van der Waals surface area (Å²) in [6.07, 6.45) is 13.2. The van der Waals surface area contributed by atoms with Crippen LogP contribution in [0.25, 0.3) is 0 Å². The first-order valence-corrected chi connectivity index (χ1v) is 27.7. The Balaban J connectivity index is 0.858. The highest BCUT2D eigenvalue weighted by molar-refractivity contribution is 5.95. The van der Waals surface area contributed by atoms with Crippen molar-refractivity contribution in [2.75, 3.05) is 40.4 Å². The molecule has 15 nitrogen and oxygen atoms in total. The molecule has 3 unspecified atom stereocenters. The standard InChI is InChI=1S/C59H79N7O8/c1-38(60-3)55(68)62-52(40-21-9-7-10-22-40)58(71)65-31-19-29-47(65)49(67)37-46-44-27-15-13-25-42(44)35-50(46)73-33-17-5-6-18-34-74-51-36-43-26-14-16-28-45(43)54(51)64-57(70)48-30-20-32-66(48)59(72)53(41-23-11-8-12-24-41)63-56(69)39(2)61-4/h13-16,25-28,38-41,46-48,50-54,60-61H,7-12,19-24,29-37H2,1-4H3,(H,62,68)(H,63,69)(H,64,70)/t38-,39-,46-,47-,48?,50?,51+,52-,53-,54?/m0/s1. The lowest BCUT2D eigenvalue weighted by molar-refractivity contribution is -0.143. The zero-order valence-electron chi connectivity index (χ0n) is 44.1. The van der Waals surface area contributed by atoms with Crippen molar-refractivity contribution in [3.05, 3.63) is 70.8 Å². The number of benzene rings is 2. The Kier molecular flexibility index (Phi) is 19.4. The van der Waals surface area contributed by atoms with Crippen molar-refractivity contribution in [1.29, 1.82) is 0 Å². The molecule has 10 atom stereocenters. The molecule has 74 heavy (non-hydrogen) atoms. The summed E-state index contributed by atoms with van der Waals surface area (Å²) in [5.41, 5.74) is 4.28. The smallest absolute Gasteiger partial charge is 0.246 e. The number of ketones is 1. The summed E-state index contributed by atoms with van der Waals surface area (Å²) in [6, 6.07) is 12.3. The molecule has 5 N–H and O–H groups in total. The second-order valence-corrected chi connectivity index (χ2v) is 21.5. The molecule has 0 bridgehead atoms. The fourth-order valence-corrected chi connectivity index (χ4v) is 12.5. The first-order chi connectivity index (χ1) is 36.0. The molecule has 4 aliphatic carbocycles. The maximum absolute atomic E-state index is 14.4. The van der Waals surface area contributed by atoms with Crippen molar-refractivity contribution in [2.24, 2.45) is 11.8 Å². The number of fused-ring (bicyclic) bond motifs is 2. The van der Waals surface area contributed by atoms with Gasteiger partial charge in [-0.05, 0) is 132 Å². The second kappa shape index (κ2) is 26.3. The van der Waals surface area contributed by atoms with Crippen LogP contribution >= 0.6 is 0 Å². The van der Waals surface area contributed by atoms with E-state index in [1.165, 1.54) is 0 Å². The maximum Gasteiger partial charge on any atom is 0.246 e. The number of carbonyl (C=O) groups excluding carboxylic acids is 6. The average Bonchev–Trinajstić information content (AvgIpc) is 4.26. The van der Waals surface area contributed by atoms with Crippen LogP contribution < -0.4 is 26.6 Å². The van der Waals surface area contributed by atoms with Crippen molar-refractivity contribution in [3.8, 4) is 23.7 Å². The summed E-state index contributed by atoms with van der Waals surface area (Å²) >= 11 is 0. The Morgan fingerprint density at radius 1 is 0.595 bits per heavy atom. The molecule has 0 radical (unpaired) electrons. The molecule has 8 rings (SSSR count). The first-order valence-electron chi connectivity index (χ1n) is 27.7. The zero-order chi connectivity index (χ0) is 52.1. The summed E-state index contributed by atoms with van der Waals surface area (Å²) in [5.74, 6) is 10.8. The van der Waals surface area contributed by atoms with E-state index in [1.807, 2.05) is 36.4 Å². The highest BCUT2D eigenvalue weighted by Gasteiger charge is 2.45. The SMILES string of the molecule is CN[C@@H](C)C(=O)N[C@H](C(=O)N1CCCC1C(=O)NC1c2ccccc2C[C@H]1OCC#CC#CCOC1Cc2ccccc2[C@@H]1CC(=O)[C@@H]1CCCN1C(=O)[C@@H](NC(=O)[C@H](C)NC)C1CCCCC1)C1CCCCC1. The Hall–Kier alpha value is -5.58. The monoisotopic (exact) mass is 1010 g/mol. The number of nitrogens with one attached hydrogen (secondary N) is 5. The molecule has 2 saturated heterocycles. The number of amides is 5. The van der Waals surface area contributed by atoms with E-state index >= 15 is 0 Å². The Bertz CT molecular complexity index is 2280. The number of hydrogen-bond acceptors (Lipinski definition) is 10. The van der Waals surface area contributed by atoms with Gasteiger partial charge in [0.1, 0.15) is 31.3 Å². The van der Waals surface area contributed by atoms with Gasteiger partial charge in [-0.3, -0.25) is 28.8 Å². The topological polar surface area (TPSA) is 188 Å². The van der Waals surface area contributed by atoms with E-state index in [-0.39, 0.29) is 84.9 Å². The molecule has 2 aromatic rings. The molecule has 15 heteroatoms. The van der Waals surface area contributed by atoms with Gasteiger partial charge in [0.25, 0.3) is 0 Å². The van der Waals surface area contributed by atoms with Crippen molar-refractivity contribution in [1.82, 2.24) is 36.4 Å². The van der Waals surface area contributed by atoms with Crippen LogP contribution in [0.15, 0.2) is 48.5 Å². The molecule has 2 saturated carbocycles. The highest BCUT2D eigenvalue weighted by atomic mass is 16.5. The summed E-state index contributed by atoms with van der Waals surface area (Å²) in [6.45, 7) is 4.72. The van der Waals surface area contributed by atoms with Crippen molar-refractivity contribution in [2.45, 2.75) is 183 Å². The lowest BCUT2D eigenvalue weighted by Crippen LogP contribution is -2.58. The van der Waals surface area contributed by atoms with E-state index in [0.717, 1.165) is 92.9 Å². The minimum absolute atomic E-state index is 0.0171. The van der Waals surface area contributed by atoms with Gasteiger partial charge in [-0.2, -0.15) is 0 Å². The number of likely N-dealkylation sites (N-methyl/N-ethyl adjacent to an activating group) is 2. The normalized spacial score (nSPS) is 25.2. The summed E-state index contributed by atoms with van der Waals surface area (Å²) in [7, 11) is 3.45. The van der Waals surface area contributed by atoms with Gasteiger partial charge >= 0.3 is 0 Å². The van der Waals surface area contributed by atoms with Crippen LogP contribution in [0.2, 0.25) is 0 Å². The van der Waals surface area contributed by atoms with Crippen LogP contribution in [0.4, 0.5) is 0 Å². The van der Waals surface area contributed by atoms with E-state index in [0.29, 0.717) is 45.2 Å². The van der Waals surface area contributed by atoms with Gasteiger partial charge in [0, 0.05) is 31.8 Å². The molecule has 2 aromatic carbocycles. The zero-order valence-corrected chi connectivity index (χ0v) is 44.1. The number of ether oxygens (including phenoxy) is 2. The van der Waals surface area contributed by atoms with Gasteiger partial charge in [0.2, 0.25) is 29.5 Å². The lowest BCUT2D eigenvalue weighted by atomic mass is 9.83. The first kappa shape index (κ1) is 54.7. The number of carbonyl (C=O) groups is 6. The summed E-state index contributed by atoms with van der Waals surface area (Å²) < 4.78 is 12.7. The maximum atomic E-state index is 14.4. The van der Waals surface area contributed by atoms with Gasteiger partial charge in [0.05, 0.1) is 36.4 Å². The predicted molar refractivity (Wildman–Crippen MR) is 282 cm³/mol. The third kappa shape index (κ3) is 13.1. The number of hydrogen-bond donors (Lipinski definition) is 5. The number of nitrogens with zero attached hydrogens (tertiary/aromatic N) is 2. The molecular weight excluding hydrogens is 935 g/mol. The summed E-state index contributed by atoms with van der Waals surface area (Å²) in [5, 5.41) is 15.4. The van der Waals surface area contributed by atoms with Gasteiger partial charge in [-0.1, -0.05) is 98.9 Å². The van der Waals surface area contributed by atoms with E-state index in [2.05, 4.69) is 62.4 Å². The molecule has 5 amide bonds. The predicted octanol–water partition coefficient (Wildman–Crippen LogP) is 4.80. The number of Topliss-reactive ketones (excluding diaryl/α,β-unsaturated/α-hetero) is 1. The van der Waals surface area contributed by atoms with Gasteiger partial charge in [-0.25, -0.2) is 0 Å². The van der Waals surface area contributed by atoms with E-state index in [9.17, 15) is 28.8 Å². The minimum Gasteiger partial charge on any atom is -0.365 e. The van der Waals surface area contributed by atoms with Gasteiger partial charge < -0.3 is 45.9 Å². The Morgan fingerprint density at radius 2 is 1.07 bits per heavy atom. The van der Waals surface area contributed by atoms with Crippen LogP contribution in [0.1, 0.15) is 144 Å². The lowest BCUT2D eigenvalue weighted by Gasteiger charge is -2.35. The van der Waals surface area contributed by atoms with E-state index in [1.54, 1.807) is 37.7 Å². The fraction of sp³-hybridized carbons (Fsp3) is 0.627. The Labute approximate surface area is 438 Å². The van der Waals surface area contributed by atoms with Crippen LogP contribution in [-0.2, 0) is 51.1 Å². The van der Waals surface area contributed by atoms with E-state index < -0.39 is 42.3 Å². The van der Waals surface area contributed by atoms with Crippen LogP contribution in [0.3, 0.4) is 0 Å². The third-order valence-corrected chi connectivity index (χ3v) is 17.0. The quantitative estimate of drug-likeness (QED) is 0.122. The highest BCUT2D eigenvalue weighted by Crippen LogP contribution is 2.40. The second-order valence-electron chi connectivity index (χ2n) is 21.5. The Morgan fingerprint density at radius 3 is 1.62 bits per heavy atom. The van der Waals surface area contributed by atoms with Crippen molar-refractivity contribution < 1.29 is 38.2 Å². The molecular formula is C59H79N7O8. The number of rotatable bonds is 19. The average molecular weight is 1010 g/mol. The van der Waals surface area contributed by atoms with E-state index in [4.69, 9.17) is 9.47 Å². The number of likely N-dealkylation sites (tertiary alicyclic amines) is 2. The van der Waals surface area contributed by atoms with Crippen molar-refractivity contribution >= 4 is 35.3 Å². The molecule has 0 spiro atoms. The molecule has 398 valence electrons.